The second kappa shape index (κ2) is 8.37. The molecule has 0 aliphatic rings. The fraction of sp³-hybridized carbons (Fsp3) is 0.143. The lowest BCUT2D eigenvalue weighted by Gasteiger charge is -2.12. The molecule has 3 heterocycles. The van der Waals surface area contributed by atoms with Crippen molar-refractivity contribution in [3.63, 3.8) is 0 Å². The Balaban J connectivity index is 1.59. The molecule has 1 amide bonds. The smallest absolute Gasteiger partial charge is 0.406 e. The molecule has 3 aromatic heterocycles. The summed E-state index contributed by atoms with van der Waals surface area (Å²) in [6.07, 6.45) is -1.82. The number of benzene rings is 1. The van der Waals surface area contributed by atoms with E-state index in [0.29, 0.717) is 28.5 Å². The number of ether oxygens (including phenoxy) is 1. The Bertz CT molecular complexity index is 1390. The number of amides is 1. The van der Waals surface area contributed by atoms with E-state index in [1.165, 1.54) is 16.8 Å². The predicted molar refractivity (Wildman–Crippen MR) is 110 cm³/mol. The lowest BCUT2D eigenvalue weighted by Crippen LogP contribution is -2.24. The number of pyridine rings is 2. The van der Waals surface area contributed by atoms with Gasteiger partial charge in [0.05, 0.1) is 12.6 Å². The first-order chi connectivity index (χ1) is 16.0. The third-order valence-electron chi connectivity index (χ3n) is 4.58. The van der Waals surface area contributed by atoms with Gasteiger partial charge in [-0.05, 0) is 48.9 Å². The summed E-state index contributed by atoms with van der Waals surface area (Å²) in [6, 6.07) is 7.14. The Hall–Kier alpha value is -4.22. The Morgan fingerprint density at radius 2 is 2.03 bits per heavy atom. The number of nitrogens with zero attached hydrogens (tertiary/aromatic N) is 4. The van der Waals surface area contributed by atoms with E-state index < -0.39 is 35.9 Å². The minimum Gasteiger partial charge on any atom is -0.406 e. The van der Waals surface area contributed by atoms with Gasteiger partial charge in [0.15, 0.2) is 5.65 Å². The lowest BCUT2D eigenvalue weighted by molar-refractivity contribution is -0.274. The van der Waals surface area contributed by atoms with E-state index in [0.717, 1.165) is 12.1 Å². The van der Waals surface area contributed by atoms with Gasteiger partial charge in [-0.15, -0.1) is 18.3 Å². The number of halogens is 4. The molecule has 3 N–H and O–H groups in total. The van der Waals surface area contributed by atoms with Gasteiger partial charge < -0.3 is 15.8 Å². The maximum absolute atomic E-state index is 14.2. The summed E-state index contributed by atoms with van der Waals surface area (Å²) in [6.45, 7) is -0.138. The van der Waals surface area contributed by atoms with Crippen molar-refractivity contribution < 1.29 is 28.5 Å². The molecule has 0 aliphatic carbocycles. The van der Waals surface area contributed by atoms with Gasteiger partial charge in [-0.3, -0.25) is 9.78 Å². The normalized spacial score (nSPS) is 12.9. The summed E-state index contributed by atoms with van der Waals surface area (Å²) in [5.74, 6) is -2.35. The first kappa shape index (κ1) is 20.7. The third-order valence-corrected chi connectivity index (χ3v) is 4.58. The molecule has 1 aromatic carbocycles. The van der Waals surface area contributed by atoms with Crippen molar-refractivity contribution in [2.45, 2.75) is 19.8 Å². The molecule has 0 fully saturated rings. The van der Waals surface area contributed by atoms with Crippen LogP contribution in [0.15, 0.2) is 48.8 Å². The van der Waals surface area contributed by atoms with Gasteiger partial charge in [0, 0.05) is 30.0 Å². The van der Waals surface area contributed by atoms with E-state index in [2.05, 4.69) is 25.1 Å². The van der Waals surface area contributed by atoms with Crippen LogP contribution in [-0.2, 0) is 6.52 Å². The van der Waals surface area contributed by atoms with Gasteiger partial charge in [-0.2, -0.15) is 4.98 Å². The molecule has 0 bridgehead atoms. The molecule has 4 aromatic rings. The first-order valence-corrected chi connectivity index (χ1v) is 9.37. The minimum absolute atomic E-state index is 0.0951. The van der Waals surface area contributed by atoms with E-state index in [-0.39, 0.29) is 11.5 Å². The minimum atomic E-state index is -4.99. The van der Waals surface area contributed by atoms with Gasteiger partial charge in [-0.1, -0.05) is 0 Å². The van der Waals surface area contributed by atoms with Crippen molar-refractivity contribution in [3.05, 3.63) is 71.4 Å². The Kier molecular flexibility index (Phi) is 5.24. The van der Waals surface area contributed by atoms with E-state index >= 15 is 0 Å². The number of carbonyl (C=O) groups excluding carboxylic acids is 1. The Morgan fingerprint density at radius 3 is 2.79 bits per heavy atom. The number of nitrogen functional groups attached to an aromatic ring is 1. The fourth-order valence-electron chi connectivity index (χ4n) is 3.05. The average molecular weight is 461 g/mol. The number of anilines is 1. The van der Waals surface area contributed by atoms with Crippen LogP contribution in [0, 0.1) is 12.7 Å². The number of hydrogen-bond acceptors (Lipinski definition) is 6. The molecule has 170 valence electrons. The number of aryl methyl sites for hydroxylation is 1. The van der Waals surface area contributed by atoms with Crippen LogP contribution >= 0.6 is 0 Å². The van der Waals surface area contributed by atoms with Crippen molar-refractivity contribution in [3.8, 4) is 16.9 Å². The monoisotopic (exact) mass is 461 g/mol. The van der Waals surface area contributed by atoms with Crippen LogP contribution in [0.5, 0.6) is 5.75 Å². The van der Waals surface area contributed by atoms with Gasteiger partial charge in [0.1, 0.15) is 11.6 Å². The molecule has 0 aliphatic heterocycles. The third kappa shape index (κ3) is 5.00. The highest BCUT2D eigenvalue weighted by atomic mass is 19.4. The van der Waals surface area contributed by atoms with Gasteiger partial charge >= 0.3 is 6.36 Å². The van der Waals surface area contributed by atoms with Gasteiger partial charge in [0.25, 0.3) is 5.91 Å². The van der Waals surface area contributed by atoms with Crippen molar-refractivity contribution >= 4 is 17.5 Å². The van der Waals surface area contributed by atoms with Crippen LogP contribution < -0.4 is 15.8 Å². The zero-order chi connectivity index (χ0) is 24.6. The van der Waals surface area contributed by atoms with Crippen LogP contribution in [-0.4, -0.2) is 31.9 Å². The van der Waals surface area contributed by atoms with E-state index in [1.807, 2.05) is 0 Å². The summed E-state index contributed by atoms with van der Waals surface area (Å²) >= 11 is 0. The Labute approximate surface area is 185 Å². The summed E-state index contributed by atoms with van der Waals surface area (Å²) in [5, 5.41) is 6.25. The maximum Gasteiger partial charge on any atom is 0.573 e. The Morgan fingerprint density at radius 1 is 1.24 bits per heavy atom. The standard InChI is InChI=1S/C21H16F4N6O2/c1-11-16(7-13(9-27-11)12-4-5-31-18(8-12)29-20(26)30-31)19(32)28-10-14-6-15(2-3-17(14)22)33-21(23,24)25/h2-9H,10H2,1H3,(H2,26,30)(H,28,32)/i10D. The molecule has 8 nitrogen and oxygen atoms in total. The van der Waals surface area contributed by atoms with E-state index in [1.54, 1.807) is 25.3 Å². The second-order valence-electron chi connectivity index (χ2n) is 6.89. The number of alkyl halides is 3. The molecule has 4 rings (SSSR count). The highest BCUT2D eigenvalue weighted by Crippen LogP contribution is 2.25. The largest absolute Gasteiger partial charge is 0.573 e. The molecule has 1 unspecified atom stereocenters. The highest BCUT2D eigenvalue weighted by Gasteiger charge is 2.31. The number of nitrogens with two attached hydrogens (primary N) is 1. The highest BCUT2D eigenvalue weighted by molar-refractivity contribution is 5.96. The van der Waals surface area contributed by atoms with Crippen molar-refractivity contribution in [1.29, 1.82) is 0 Å². The number of aromatic nitrogens is 4. The molecule has 33 heavy (non-hydrogen) atoms. The topological polar surface area (TPSA) is 107 Å². The zero-order valence-electron chi connectivity index (χ0n) is 17.9. The predicted octanol–water partition coefficient (Wildman–Crippen LogP) is 3.65. The number of fused-ring (bicyclic) bond motifs is 1. The summed E-state index contributed by atoms with van der Waals surface area (Å²) < 4.78 is 64.9. The van der Waals surface area contributed by atoms with Crippen molar-refractivity contribution in [1.82, 2.24) is 24.9 Å². The number of rotatable bonds is 5. The molecule has 0 spiro atoms. The van der Waals surface area contributed by atoms with Gasteiger partial charge in [0.2, 0.25) is 5.95 Å². The number of hydrogen-bond donors (Lipinski definition) is 2. The average Bonchev–Trinajstić information content (AvgIpc) is 3.13. The summed E-state index contributed by atoms with van der Waals surface area (Å²) in [4.78, 5) is 21.1. The van der Waals surface area contributed by atoms with E-state index in [4.69, 9.17) is 7.10 Å². The van der Waals surface area contributed by atoms with Crippen molar-refractivity contribution in [2.24, 2.45) is 0 Å². The van der Waals surface area contributed by atoms with Crippen molar-refractivity contribution in [2.75, 3.05) is 5.73 Å². The lowest BCUT2D eigenvalue weighted by atomic mass is 10.0. The molecule has 12 heteroatoms. The zero-order valence-corrected chi connectivity index (χ0v) is 16.9. The van der Waals surface area contributed by atoms with Crippen LogP contribution in [0.25, 0.3) is 16.8 Å². The number of carbonyl (C=O) groups is 1. The van der Waals surface area contributed by atoms with Crippen LogP contribution in [0.3, 0.4) is 0 Å². The molecular weight excluding hydrogens is 444 g/mol. The van der Waals surface area contributed by atoms with E-state index in [9.17, 15) is 22.4 Å². The summed E-state index contributed by atoms with van der Waals surface area (Å²) in [5.41, 5.74) is 7.21. The van der Waals surface area contributed by atoms with Crippen LogP contribution in [0.4, 0.5) is 23.5 Å². The maximum atomic E-state index is 14.2. The molecular formula is C21H16F4N6O2. The molecule has 0 radical (unpaired) electrons. The SMILES string of the molecule is [2H]C(NC(=O)c1cc(-c2ccn3nc(N)nc3c2)cnc1C)c1cc(OC(F)(F)F)ccc1F. The molecule has 0 saturated heterocycles. The molecule has 1 atom stereocenters. The van der Waals surface area contributed by atoms with Crippen LogP contribution in [0.1, 0.15) is 23.0 Å². The van der Waals surface area contributed by atoms with Crippen LogP contribution in [0.2, 0.25) is 0 Å². The second-order valence-corrected chi connectivity index (χ2v) is 6.89. The quantitative estimate of drug-likeness (QED) is 0.440. The van der Waals surface area contributed by atoms with Gasteiger partial charge in [-0.25, -0.2) is 8.91 Å². The number of nitrogens with one attached hydrogen (secondary N) is 1. The first-order valence-electron chi connectivity index (χ1n) is 9.95. The summed E-state index contributed by atoms with van der Waals surface area (Å²) in [7, 11) is 0. The molecule has 0 saturated carbocycles. The fourth-order valence-corrected chi connectivity index (χ4v) is 3.05.